The van der Waals surface area contributed by atoms with Gasteiger partial charge >= 0.3 is 0 Å². The predicted molar refractivity (Wildman–Crippen MR) is 65.9 cm³/mol. The summed E-state index contributed by atoms with van der Waals surface area (Å²) in [4.78, 5) is 0. The summed E-state index contributed by atoms with van der Waals surface area (Å²) in [6.45, 7) is 4.71. The van der Waals surface area contributed by atoms with E-state index < -0.39 is 11.6 Å². The van der Waals surface area contributed by atoms with Crippen molar-refractivity contribution in [2.24, 2.45) is 0 Å². The van der Waals surface area contributed by atoms with Gasteiger partial charge in [0.1, 0.15) is 0 Å². The lowest BCUT2D eigenvalue weighted by atomic mass is 10.1. The second kappa shape index (κ2) is 5.27. The number of nitrogens with zero attached hydrogens (tertiary/aromatic N) is 1. The lowest BCUT2D eigenvalue weighted by molar-refractivity contribution is 0.509. The Morgan fingerprint density at radius 2 is 2.06 bits per heavy atom. The highest BCUT2D eigenvalue weighted by Crippen LogP contribution is 2.22. The maximum atomic E-state index is 13.2. The maximum absolute atomic E-state index is 13.2. The summed E-state index contributed by atoms with van der Waals surface area (Å²) in [5.41, 5.74) is 2.23. The van der Waals surface area contributed by atoms with E-state index in [2.05, 4.69) is 15.5 Å². The molecule has 1 heterocycles. The van der Waals surface area contributed by atoms with E-state index >= 15 is 0 Å². The summed E-state index contributed by atoms with van der Waals surface area (Å²) < 4.78 is 26.1. The van der Waals surface area contributed by atoms with Gasteiger partial charge in [-0.15, -0.1) is 0 Å². The fourth-order valence-electron chi connectivity index (χ4n) is 1.66. The zero-order chi connectivity index (χ0) is 13.1. The average Bonchev–Trinajstić information content (AvgIpc) is 2.78. The van der Waals surface area contributed by atoms with E-state index in [9.17, 15) is 8.78 Å². The van der Waals surface area contributed by atoms with E-state index in [0.29, 0.717) is 23.8 Å². The van der Waals surface area contributed by atoms with E-state index in [4.69, 9.17) is 0 Å². The average molecular weight is 251 g/mol. The van der Waals surface area contributed by atoms with Crippen LogP contribution in [0.4, 0.5) is 8.78 Å². The van der Waals surface area contributed by atoms with Gasteiger partial charge in [0.15, 0.2) is 11.6 Å². The lowest BCUT2D eigenvalue weighted by Gasteiger charge is -2.08. The van der Waals surface area contributed by atoms with Crippen LogP contribution in [-0.4, -0.2) is 16.2 Å². The van der Waals surface area contributed by atoms with Gasteiger partial charge in [-0.25, -0.2) is 8.78 Å². The van der Waals surface area contributed by atoms with Gasteiger partial charge in [-0.3, -0.25) is 5.10 Å². The minimum atomic E-state index is -0.857. The standard InChI is InChI=1S/C13H15F2N3/c1-8(2)16-6-10-7-17-18-13(10)9-3-4-11(14)12(15)5-9/h3-5,7-8,16H,6H2,1-2H3,(H,17,18). The van der Waals surface area contributed by atoms with Crippen LogP contribution in [0, 0.1) is 11.6 Å². The SMILES string of the molecule is CC(C)NCc1cn[nH]c1-c1ccc(F)c(F)c1. The van der Waals surface area contributed by atoms with E-state index in [1.807, 2.05) is 13.8 Å². The summed E-state index contributed by atoms with van der Waals surface area (Å²) in [6, 6.07) is 4.16. The van der Waals surface area contributed by atoms with Crippen LogP contribution in [0.2, 0.25) is 0 Å². The molecule has 0 aliphatic carbocycles. The van der Waals surface area contributed by atoms with Crippen molar-refractivity contribution in [3.05, 3.63) is 41.6 Å². The smallest absolute Gasteiger partial charge is 0.159 e. The minimum Gasteiger partial charge on any atom is -0.310 e. The van der Waals surface area contributed by atoms with Crippen LogP contribution in [0.1, 0.15) is 19.4 Å². The van der Waals surface area contributed by atoms with Gasteiger partial charge in [-0.1, -0.05) is 13.8 Å². The minimum absolute atomic E-state index is 0.345. The topological polar surface area (TPSA) is 40.7 Å². The highest BCUT2D eigenvalue weighted by molar-refractivity contribution is 5.62. The number of halogens is 2. The molecule has 2 N–H and O–H groups in total. The van der Waals surface area contributed by atoms with Crippen molar-refractivity contribution in [1.82, 2.24) is 15.5 Å². The molecule has 0 bridgehead atoms. The molecule has 18 heavy (non-hydrogen) atoms. The second-order valence-corrected chi connectivity index (χ2v) is 4.43. The first-order valence-corrected chi connectivity index (χ1v) is 5.79. The molecule has 0 saturated heterocycles. The largest absolute Gasteiger partial charge is 0.310 e. The maximum Gasteiger partial charge on any atom is 0.159 e. The monoisotopic (exact) mass is 251 g/mol. The number of rotatable bonds is 4. The molecule has 1 aromatic carbocycles. The molecule has 0 radical (unpaired) electrons. The Bertz CT molecular complexity index is 535. The van der Waals surface area contributed by atoms with Crippen LogP contribution in [0.25, 0.3) is 11.3 Å². The number of nitrogens with one attached hydrogen (secondary N) is 2. The molecule has 0 unspecified atom stereocenters. The van der Waals surface area contributed by atoms with Gasteiger partial charge in [0, 0.05) is 23.7 Å². The number of hydrogen-bond acceptors (Lipinski definition) is 2. The molecule has 0 saturated carbocycles. The molecule has 5 heteroatoms. The fraction of sp³-hybridized carbons (Fsp3) is 0.308. The van der Waals surface area contributed by atoms with Crippen molar-refractivity contribution in [2.45, 2.75) is 26.4 Å². The molecule has 0 atom stereocenters. The summed E-state index contributed by atoms with van der Waals surface area (Å²) >= 11 is 0. The van der Waals surface area contributed by atoms with Crippen LogP contribution < -0.4 is 5.32 Å². The molecule has 3 nitrogen and oxygen atoms in total. The van der Waals surface area contributed by atoms with Crippen molar-refractivity contribution in [2.75, 3.05) is 0 Å². The Balaban J connectivity index is 2.27. The zero-order valence-corrected chi connectivity index (χ0v) is 10.3. The summed E-state index contributed by atoms with van der Waals surface area (Å²) in [5.74, 6) is -1.70. The van der Waals surface area contributed by atoms with Crippen molar-refractivity contribution >= 4 is 0 Å². The van der Waals surface area contributed by atoms with Crippen molar-refractivity contribution in [3.8, 4) is 11.3 Å². The highest BCUT2D eigenvalue weighted by atomic mass is 19.2. The Labute approximate surface area is 104 Å². The molecular weight excluding hydrogens is 236 g/mol. The van der Waals surface area contributed by atoms with Crippen molar-refractivity contribution < 1.29 is 8.78 Å². The molecule has 1 aromatic heterocycles. The summed E-state index contributed by atoms with van der Waals surface area (Å²) in [7, 11) is 0. The molecule has 0 aliphatic rings. The number of benzene rings is 1. The van der Waals surface area contributed by atoms with Crippen molar-refractivity contribution in [3.63, 3.8) is 0 Å². The Hall–Kier alpha value is -1.75. The number of hydrogen-bond donors (Lipinski definition) is 2. The highest BCUT2D eigenvalue weighted by Gasteiger charge is 2.10. The van der Waals surface area contributed by atoms with E-state index in [1.165, 1.54) is 12.1 Å². The quantitative estimate of drug-likeness (QED) is 0.877. The van der Waals surface area contributed by atoms with Crippen LogP contribution in [-0.2, 0) is 6.54 Å². The van der Waals surface area contributed by atoms with Crippen LogP contribution in [0.15, 0.2) is 24.4 Å². The molecule has 2 rings (SSSR count). The summed E-state index contributed by atoms with van der Waals surface area (Å²) in [6.07, 6.45) is 1.69. The third-order valence-electron chi connectivity index (χ3n) is 2.63. The van der Waals surface area contributed by atoms with Gasteiger partial charge in [0.2, 0.25) is 0 Å². The molecule has 96 valence electrons. The van der Waals surface area contributed by atoms with Gasteiger partial charge in [-0.05, 0) is 18.2 Å². The lowest BCUT2D eigenvalue weighted by Crippen LogP contribution is -2.21. The molecular formula is C13H15F2N3. The van der Waals surface area contributed by atoms with Gasteiger partial charge < -0.3 is 5.32 Å². The number of aromatic amines is 1. The van der Waals surface area contributed by atoms with E-state index in [0.717, 1.165) is 11.6 Å². The number of aromatic nitrogens is 2. The van der Waals surface area contributed by atoms with Crippen LogP contribution >= 0.6 is 0 Å². The fourth-order valence-corrected chi connectivity index (χ4v) is 1.66. The first-order valence-electron chi connectivity index (χ1n) is 5.79. The third kappa shape index (κ3) is 2.73. The van der Waals surface area contributed by atoms with E-state index in [-0.39, 0.29) is 0 Å². The predicted octanol–water partition coefficient (Wildman–Crippen LogP) is 2.85. The second-order valence-electron chi connectivity index (χ2n) is 4.43. The zero-order valence-electron chi connectivity index (χ0n) is 10.3. The Morgan fingerprint density at radius 3 is 2.72 bits per heavy atom. The Kier molecular flexibility index (Phi) is 3.72. The van der Waals surface area contributed by atoms with Crippen LogP contribution in [0.5, 0.6) is 0 Å². The first kappa shape index (κ1) is 12.7. The molecule has 0 aliphatic heterocycles. The number of H-pyrrole nitrogens is 1. The molecule has 0 fully saturated rings. The van der Waals surface area contributed by atoms with Crippen LogP contribution in [0.3, 0.4) is 0 Å². The third-order valence-corrected chi connectivity index (χ3v) is 2.63. The molecule has 2 aromatic rings. The first-order chi connectivity index (χ1) is 8.58. The normalized spacial score (nSPS) is 11.2. The molecule has 0 amide bonds. The van der Waals surface area contributed by atoms with E-state index in [1.54, 1.807) is 6.20 Å². The van der Waals surface area contributed by atoms with Gasteiger partial charge in [0.05, 0.1) is 11.9 Å². The Morgan fingerprint density at radius 1 is 1.28 bits per heavy atom. The molecule has 0 spiro atoms. The van der Waals surface area contributed by atoms with Crippen molar-refractivity contribution in [1.29, 1.82) is 0 Å². The van der Waals surface area contributed by atoms with Gasteiger partial charge in [-0.2, -0.15) is 5.10 Å². The van der Waals surface area contributed by atoms with Gasteiger partial charge in [0.25, 0.3) is 0 Å². The summed E-state index contributed by atoms with van der Waals surface area (Å²) in [5, 5.41) is 10.0.